The molecule has 0 atom stereocenters. The molecule has 4 heteroatoms. The second-order valence-corrected chi connectivity index (χ2v) is 3.94. The second kappa shape index (κ2) is 3.86. The summed E-state index contributed by atoms with van der Waals surface area (Å²) in [7, 11) is 1.84. The summed E-state index contributed by atoms with van der Waals surface area (Å²) in [5.41, 5.74) is 1.54. The maximum atomic E-state index is 8.83. The maximum Gasteiger partial charge on any atom is 0.241 e. The lowest BCUT2D eigenvalue weighted by Gasteiger charge is -2.05. The zero-order valence-electron chi connectivity index (χ0n) is 9.56. The van der Waals surface area contributed by atoms with Gasteiger partial charge in [0.25, 0.3) is 0 Å². The zero-order chi connectivity index (χ0) is 11.7. The largest absolute Gasteiger partial charge is 0.473 e. The molecule has 1 aromatic carbocycles. The first-order valence-electron chi connectivity index (χ1n) is 5.15. The lowest BCUT2D eigenvalue weighted by molar-refractivity contribution is 0.233. The van der Waals surface area contributed by atoms with E-state index < -0.39 is 0 Å². The lowest BCUT2D eigenvalue weighted by atomic mass is 10.2. The number of benzene rings is 1. The van der Waals surface area contributed by atoms with E-state index in [0.717, 1.165) is 10.9 Å². The van der Waals surface area contributed by atoms with Gasteiger partial charge in [-0.3, -0.25) is 4.68 Å². The first kappa shape index (κ1) is 10.5. The fourth-order valence-corrected chi connectivity index (χ4v) is 1.60. The van der Waals surface area contributed by atoms with Crippen LogP contribution in [0.3, 0.4) is 0 Å². The molecular weight excluding hydrogens is 202 g/mol. The van der Waals surface area contributed by atoms with E-state index in [9.17, 15) is 0 Å². The van der Waals surface area contributed by atoms with Gasteiger partial charge in [0.15, 0.2) is 0 Å². The summed E-state index contributed by atoms with van der Waals surface area (Å²) in [6.07, 6.45) is 0.0914. The minimum absolute atomic E-state index is 0.0914. The standard InChI is InChI=1S/C12H13N3O/c1-8(2)16-12-10-5-4-9(7-13)6-11(10)15(3)14-12/h4-6,8H,1-3H3. The maximum absolute atomic E-state index is 8.83. The van der Waals surface area contributed by atoms with E-state index in [1.165, 1.54) is 0 Å². The van der Waals surface area contributed by atoms with Gasteiger partial charge < -0.3 is 4.74 Å². The summed E-state index contributed by atoms with van der Waals surface area (Å²) in [5, 5.41) is 14.1. The Kier molecular flexibility index (Phi) is 2.53. The summed E-state index contributed by atoms with van der Waals surface area (Å²) >= 11 is 0. The minimum atomic E-state index is 0.0914. The molecule has 0 amide bonds. The molecule has 0 aliphatic carbocycles. The van der Waals surface area contributed by atoms with Gasteiger partial charge in [-0.1, -0.05) is 0 Å². The minimum Gasteiger partial charge on any atom is -0.473 e. The molecule has 0 spiro atoms. The molecule has 1 aromatic heterocycles. The van der Waals surface area contributed by atoms with Crippen molar-refractivity contribution in [2.24, 2.45) is 7.05 Å². The van der Waals surface area contributed by atoms with Gasteiger partial charge in [0.05, 0.1) is 28.6 Å². The number of hydrogen-bond donors (Lipinski definition) is 0. The van der Waals surface area contributed by atoms with Crippen molar-refractivity contribution in [1.82, 2.24) is 9.78 Å². The fourth-order valence-electron chi connectivity index (χ4n) is 1.60. The summed E-state index contributed by atoms with van der Waals surface area (Å²) in [5.74, 6) is 0.622. The van der Waals surface area contributed by atoms with Crippen LogP contribution in [0.4, 0.5) is 0 Å². The molecule has 0 aliphatic rings. The van der Waals surface area contributed by atoms with Crippen molar-refractivity contribution in [3.8, 4) is 11.9 Å². The molecule has 0 N–H and O–H groups in total. The number of aryl methyl sites for hydroxylation is 1. The van der Waals surface area contributed by atoms with Crippen molar-refractivity contribution in [2.45, 2.75) is 20.0 Å². The molecule has 82 valence electrons. The smallest absolute Gasteiger partial charge is 0.241 e. The second-order valence-electron chi connectivity index (χ2n) is 3.94. The number of fused-ring (bicyclic) bond motifs is 1. The SMILES string of the molecule is CC(C)Oc1nn(C)c2cc(C#N)ccc12. The number of hydrogen-bond acceptors (Lipinski definition) is 3. The van der Waals surface area contributed by atoms with Crippen molar-refractivity contribution in [2.75, 3.05) is 0 Å². The van der Waals surface area contributed by atoms with Crippen molar-refractivity contribution in [1.29, 1.82) is 5.26 Å². The highest BCUT2D eigenvalue weighted by Crippen LogP contribution is 2.25. The molecule has 0 saturated carbocycles. The van der Waals surface area contributed by atoms with E-state index in [1.54, 1.807) is 10.7 Å². The normalized spacial score (nSPS) is 10.7. The number of rotatable bonds is 2. The molecule has 0 fully saturated rings. The van der Waals surface area contributed by atoms with Crippen LogP contribution in [-0.4, -0.2) is 15.9 Å². The van der Waals surface area contributed by atoms with Gasteiger partial charge in [0.2, 0.25) is 5.88 Å². The third-order valence-electron chi connectivity index (χ3n) is 2.29. The van der Waals surface area contributed by atoms with E-state index >= 15 is 0 Å². The number of ether oxygens (including phenoxy) is 1. The van der Waals surface area contributed by atoms with Crippen LogP contribution in [-0.2, 0) is 7.05 Å². The Morgan fingerprint density at radius 1 is 1.44 bits per heavy atom. The lowest BCUT2D eigenvalue weighted by Crippen LogP contribution is -2.06. The van der Waals surface area contributed by atoms with Gasteiger partial charge in [0, 0.05) is 7.05 Å². The van der Waals surface area contributed by atoms with E-state index in [-0.39, 0.29) is 6.10 Å². The van der Waals surface area contributed by atoms with Gasteiger partial charge in [-0.25, -0.2) is 0 Å². The van der Waals surface area contributed by atoms with Crippen molar-refractivity contribution >= 4 is 10.9 Å². The predicted molar refractivity (Wildman–Crippen MR) is 61.2 cm³/mol. The number of aromatic nitrogens is 2. The molecule has 2 aromatic rings. The van der Waals surface area contributed by atoms with Crippen LogP contribution in [0.2, 0.25) is 0 Å². The Labute approximate surface area is 94.1 Å². The quantitative estimate of drug-likeness (QED) is 0.771. The molecule has 16 heavy (non-hydrogen) atoms. The van der Waals surface area contributed by atoms with Crippen molar-refractivity contribution < 1.29 is 4.74 Å². The van der Waals surface area contributed by atoms with E-state index in [0.29, 0.717) is 11.4 Å². The van der Waals surface area contributed by atoms with Crippen molar-refractivity contribution in [3.05, 3.63) is 23.8 Å². The van der Waals surface area contributed by atoms with Gasteiger partial charge >= 0.3 is 0 Å². The molecule has 0 bridgehead atoms. The molecule has 0 aliphatic heterocycles. The fraction of sp³-hybridized carbons (Fsp3) is 0.333. The van der Waals surface area contributed by atoms with E-state index in [1.807, 2.05) is 33.0 Å². The van der Waals surface area contributed by atoms with E-state index in [4.69, 9.17) is 10.00 Å². The van der Waals surface area contributed by atoms with Gasteiger partial charge in [-0.2, -0.15) is 5.26 Å². The highest BCUT2D eigenvalue weighted by molar-refractivity contribution is 5.85. The summed E-state index contributed by atoms with van der Waals surface area (Å²) in [6, 6.07) is 7.58. The van der Waals surface area contributed by atoms with Crippen LogP contribution < -0.4 is 4.74 Å². The molecule has 2 rings (SSSR count). The van der Waals surface area contributed by atoms with Crippen LogP contribution in [0.5, 0.6) is 5.88 Å². The third-order valence-corrected chi connectivity index (χ3v) is 2.29. The van der Waals surface area contributed by atoms with Crippen molar-refractivity contribution in [3.63, 3.8) is 0 Å². The Hall–Kier alpha value is -2.02. The Morgan fingerprint density at radius 3 is 2.81 bits per heavy atom. The number of nitrogens with zero attached hydrogens (tertiary/aromatic N) is 3. The molecule has 1 heterocycles. The third kappa shape index (κ3) is 1.72. The Morgan fingerprint density at radius 2 is 2.19 bits per heavy atom. The topological polar surface area (TPSA) is 50.8 Å². The van der Waals surface area contributed by atoms with Crippen LogP contribution >= 0.6 is 0 Å². The number of nitriles is 1. The van der Waals surface area contributed by atoms with Gasteiger partial charge in [-0.15, -0.1) is 5.10 Å². The molecular formula is C12H13N3O. The highest BCUT2D eigenvalue weighted by Gasteiger charge is 2.11. The summed E-state index contributed by atoms with van der Waals surface area (Å²) < 4.78 is 7.34. The summed E-state index contributed by atoms with van der Waals surface area (Å²) in [4.78, 5) is 0. The Balaban J connectivity index is 2.59. The average Bonchev–Trinajstić information content (AvgIpc) is 2.54. The van der Waals surface area contributed by atoms with Crippen LogP contribution in [0.1, 0.15) is 19.4 Å². The Bertz CT molecular complexity index is 563. The van der Waals surface area contributed by atoms with Gasteiger partial charge in [-0.05, 0) is 32.0 Å². The predicted octanol–water partition coefficient (Wildman–Crippen LogP) is 2.23. The molecule has 0 radical (unpaired) electrons. The molecule has 4 nitrogen and oxygen atoms in total. The first-order valence-corrected chi connectivity index (χ1v) is 5.15. The monoisotopic (exact) mass is 215 g/mol. The first-order chi connectivity index (χ1) is 7.61. The van der Waals surface area contributed by atoms with Gasteiger partial charge in [0.1, 0.15) is 0 Å². The highest BCUT2D eigenvalue weighted by atomic mass is 16.5. The van der Waals surface area contributed by atoms with Crippen LogP contribution in [0.15, 0.2) is 18.2 Å². The summed E-state index contributed by atoms with van der Waals surface area (Å²) in [6.45, 7) is 3.92. The average molecular weight is 215 g/mol. The zero-order valence-corrected chi connectivity index (χ0v) is 9.56. The van der Waals surface area contributed by atoms with Crippen LogP contribution in [0.25, 0.3) is 10.9 Å². The van der Waals surface area contributed by atoms with E-state index in [2.05, 4.69) is 11.2 Å². The molecule has 0 saturated heterocycles. The molecule has 0 unspecified atom stereocenters. The van der Waals surface area contributed by atoms with Crippen LogP contribution in [0, 0.1) is 11.3 Å².